The van der Waals surface area contributed by atoms with E-state index >= 15 is 0 Å². The summed E-state index contributed by atoms with van der Waals surface area (Å²) in [6, 6.07) is 12.5. The van der Waals surface area contributed by atoms with E-state index in [2.05, 4.69) is 0 Å². The van der Waals surface area contributed by atoms with Gasteiger partial charge in [-0.25, -0.2) is 0 Å². The molecule has 2 rings (SSSR count). The third kappa shape index (κ3) is 5.52. The molecule has 0 aliphatic heterocycles. The van der Waals surface area contributed by atoms with Crippen molar-refractivity contribution in [3.8, 4) is 11.5 Å². The third-order valence-electron chi connectivity index (χ3n) is 3.17. The first-order chi connectivity index (χ1) is 11.0. The molecule has 2 aromatic carbocycles. The van der Waals surface area contributed by atoms with Gasteiger partial charge in [0.25, 0.3) is 0 Å². The van der Waals surface area contributed by atoms with Crippen molar-refractivity contribution in [2.45, 2.75) is 13.2 Å². The molecule has 2 aromatic rings. The monoisotopic (exact) mass is 360 g/mol. The van der Waals surface area contributed by atoms with Crippen molar-refractivity contribution in [2.24, 2.45) is 0 Å². The zero-order valence-corrected chi connectivity index (χ0v) is 15.9. The quantitative estimate of drug-likeness (QED) is 0.419. The third-order valence-corrected chi connectivity index (χ3v) is 4.58. The Labute approximate surface area is 162 Å². The Morgan fingerprint density at radius 3 is 2.42 bits per heavy atom. The van der Waals surface area contributed by atoms with Crippen molar-refractivity contribution in [2.75, 3.05) is 14.2 Å². The summed E-state index contributed by atoms with van der Waals surface area (Å²) in [6.07, 6.45) is -0.322. The molecular formula is C17H19ClLiO4P. The van der Waals surface area contributed by atoms with Gasteiger partial charge in [0.1, 0.15) is 11.5 Å². The average Bonchev–Trinajstić information content (AvgIpc) is 2.56. The van der Waals surface area contributed by atoms with Crippen molar-refractivity contribution in [1.29, 1.82) is 0 Å². The average molecular weight is 361 g/mol. The minimum Gasteiger partial charge on any atom is -1.00 e. The topological polar surface area (TPSA) is 44.8 Å². The molecule has 0 spiro atoms. The molecule has 24 heavy (non-hydrogen) atoms. The molecule has 0 N–H and O–H groups in total. The van der Waals surface area contributed by atoms with Crippen LogP contribution in [-0.4, -0.2) is 26.0 Å². The molecule has 0 aliphatic rings. The Hall–Kier alpha value is -1.01. The van der Waals surface area contributed by atoms with E-state index in [1.54, 1.807) is 25.3 Å². The number of rotatable bonds is 7. The van der Waals surface area contributed by atoms with Gasteiger partial charge in [0.15, 0.2) is 11.8 Å². The fourth-order valence-electron chi connectivity index (χ4n) is 1.94. The number of methoxy groups -OCH3 is 2. The second-order valence-corrected chi connectivity index (χ2v) is 6.41. The van der Waals surface area contributed by atoms with Crippen LogP contribution in [0.5, 0.6) is 11.5 Å². The van der Waals surface area contributed by atoms with Crippen LogP contribution in [0.2, 0.25) is 5.02 Å². The number of benzene rings is 2. The Morgan fingerprint density at radius 2 is 1.83 bits per heavy atom. The molecule has 2 atom stereocenters. The molecule has 7 heteroatoms. The summed E-state index contributed by atoms with van der Waals surface area (Å²) in [5, 5.41) is 1.30. The number of hydrogen-bond donors (Lipinski definition) is 0. The molecule has 0 radical (unpaired) electrons. The fraction of sp³-hybridized carbons (Fsp3) is 0.235. The van der Waals surface area contributed by atoms with Crippen LogP contribution in [0.3, 0.4) is 0 Å². The molecule has 0 bridgehead atoms. The van der Waals surface area contributed by atoms with Crippen LogP contribution in [0.1, 0.15) is 18.7 Å². The van der Waals surface area contributed by atoms with E-state index < -0.39 is 0 Å². The van der Waals surface area contributed by atoms with Gasteiger partial charge in [-0.15, -0.1) is 0 Å². The van der Waals surface area contributed by atoms with Crippen LogP contribution in [0, 0.1) is 0 Å². The van der Waals surface area contributed by atoms with Crippen molar-refractivity contribution in [3.05, 3.63) is 53.1 Å². The summed E-state index contributed by atoms with van der Waals surface area (Å²) in [5.74, 6) is 1.18. The summed E-state index contributed by atoms with van der Waals surface area (Å²) in [6.45, 7) is 1.81. The van der Waals surface area contributed by atoms with Crippen LogP contribution in [0.15, 0.2) is 42.5 Å². The van der Waals surface area contributed by atoms with Crippen LogP contribution in [0.4, 0.5) is 0 Å². The number of carbonyl (C=O) groups is 1. The van der Waals surface area contributed by atoms with E-state index in [9.17, 15) is 4.79 Å². The molecule has 0 heterocycles. The zero-order chi connectivity index (χ0) is 16.8. The summed E-state index contributed by atoms with van der Waals surface area (Å²) in [7, 11) is 3.06. The molecule has 0 fully saturated rings. The smallest absolute Gasteiger partial charge is 1.00 e. The largest absolute Gasteiger partial charge is 1.00 e. The van der Waals surface area contributed by atoms with Gasteiger partial charge in [0.2, 0.25) is 0 Å². The van der Waals surface area contributed by atoms with E-state index in [0.717, 1.165) is 5.30 Å². The fourth-order valence-corrected chi connectivity index (χ4v) is 3.25. The predicted octanol–water partition coefficient (Wildman–Crippen LogP) is 0.980. The molecule has 2 unspecified atom stereocenters. The van der Waals surface area contributed by atoms with E-state index in [0.29, 0.717) is 22.1 Å². The van der Waals surface area contributed by atoms with Gasteiger partial charge in [-0.1, -0.05) is 29.8 Å². The van der Waals surface area contributed by atoms with Crippen molar-refractivity contribution in [1.82, 2.24) is 0 Å². The Balaban J connectivity index is 0.00000288. The van der Waals surface area contributed by atoms with Gasteiger partial charge in [0.05, 0.1) is 17.7 Å². The maximum Gasteiger partial charge on any atom is 1.00 e. The Morgan fingerprint density at radius 1 is 1.17 bits per heavy atom. The number of carbonyl (C=O) groups excluding carboxylic acids is 1. The number of hydrogen-bond acceptors (Lipinski definition) is 4. The first kappa shape index (κ1) is 21.0. The maximum atomic E-state index is 12.5. The van der Waals surface area contributed by atoms with Crippen LogP contribution in [-0.2, 0) is 4.74 Å². The van der Waals surface area contributed by atoms with Crippen LogP contribution >= 0.6 is 20.2 Å². The van der Waals surface area contributed by atoms with E-state index in [1.807, 2.05) is 31.2 Å². The van der Waals surface area contributed by atoms with Gasteiger partial charge in [-0.3, -0.25) is 4.79 Å². The molecule has 0 amide bonds. The van der Waals surface area contributed by atoms with Crippen molar-refractivity contribution < 1.29 is 39.3 Å². The van der Waals surface area contributed by atoms with E-state index in [1.165, 1.54) is 7.11 Å². The van der Waals surface area contributed by atoms with Crippen molar-refractivity contribution >= 4 is 31.0 Å². The molecular weight excluding hydrogens is 342 g/mol. The minimum absolute atomic E-state index is 0. The van der Waals surface area contributed by atoms with Gasteiger partial charge < -0.3 is 15.6 Å². The van der Waals surface area contributed by atoms with E-state index in [-0.39, 0.29) is 40.7 Å². The molecule has 4 nitrogen and oxygen atoms in total. The standard InChI is InChI=1S/C17H18ClO4P.Li.H/c1-11(20-2)22-12-7-9-13(10-8-12)23-17(19)16-14(18)5-4-6-15(16)21-3;;/h4-11,23H,1-3H3;;/q;+1;-1. The predicted molar refractivity (Wildman–Crippen MR) is 94.9 cm³/mol. The molecule has 0 aromatic heterocycles. The Kier molecular flexibility index (Phi) is 8.84. The van der Waals surface area contributed by atoms with Gasteiger partial charge in [-0.2, -0.15) is 0 Å². The van der Waals surface area contributed by atoms with Gasteiger partial charge >= 0.3 is 18.9 Å². The molecule has 124 valence electrons. The second-order valence-electron chi connectivity index (χ2n) is 4.72. The normalized spacial score (nSPS) is 11.8. The minimum atomic E-state index is -0.322. The Bertz CT molecular complexity index is 685. The van der Waals surface area contributed by atoms with E-state index in [4.69, 9.17) is 25.8 Å². The second kappa shape index (κ2) is 10.1. The maximum absolute atomic E-state index is 12.5. The van der Waals surface area contributed by atoms with Crippen LogP contribution < -0.4 is 33.6 Å². The molecule has 0 saturated heterocycles. The zero-order valence-electron chi connectivity index (χ0n) is 15.1. The molecule has 0 saturated carbocycles. The van der Waals surface area contributed by atoms with Gasteiger partial charge in [0, 0.05) is 7.11 Å². The SMILES string of the molecule is COc1cccc(Cl)c1C(=O)Pc1ccc(OC(C)OC)cc1.[H-].[Li+]. The molecule has 0 aliphatic carbocycles. The number of ether oxygens (including phenoxy) is 3. The van der Waals surface area contributed by atoms with Crippen LogP contribution in [0.25, 0.3) is 0 Å². The first-order valence-electron chi connectivity index (χ1n) is 6.98. The summed E-state index contributed by atoms with van der Waals surface area (Å²) in [5.41, 5.74) is 0.356. The number of halogens is 1. The summed E-state index contributed by atoms with van der Waals surface area (Å²) < 4.78 is 15.8. The summed E-state index contributed by atoms with van der Waals surface area (Å²) >= 11 is 6.14. The first-order valence-corrected chi connectivity index (χ1v) is 8.36. The summed E-state index contributed by atoms with van der Waals surface area (Å²) in [4.78, 5) is 12.5. The van der Waals surface area contributed by atoms with Gasteiger partial charge in [-0.05, 0) is 45.1 Å². The van der Waals surface area contributed by atoms with Crippen molar-refractivity contribution in [3.63, 3.8) is 0 Å².